The molecule has 0 aliphatic carbocycles. The van der Waals surface area contributed by atoms with Gasteiger partial charge in [-0.05, 0) is 53.2 Å². The SMILES string of the molecule is CNCc1ccc(C)c(-c2occc2Br)c1. The number of hydrogen-bond acceptors (Lipinski definition) is 2. The third kappa shape index (κ3) is 2.20. The molecule has 1 aromatic carbocycles. The molecule has 0 aliphatic heterocycles. The van der Waals surface area contributed by atoms with E-state index in [-0.39, 0.29) is 0 Å². The summed E-state index contributed by atoms with van der Waals surface area (Å²) in [6, 6.07) is 8.33. The third-order valence-electron chi connectivity index (χ3n) is 2.54. The molecule has 3 heteroatoms. The Morgan fingerprint density at radius 3 is 2.75 bits per heavy atom. The first-order chi connectivity index (χ1) is 7.72. The highest BCUT2D eigenvalue weighted by atomic mass is 79.9. The van der Waals surface area contributed by atoms with Crippen LogP contribution in [0.25, 0.3) is 11.3 Å². The van der Waals surface area contributed by atoms with Crippen molar-refractivity contribution in [1.29, 1.82) is 0 Å². The number of nitrogens with one attached hydrogen (secondary N) is 1. The first kappa shape index (κ1) is 11.4. The Bertz CT molecular complexity index is 490. The van der Waals surface area contributed by atoms with Gasteiger partial charge in [0.2, 0.25) is 0 Å². The monoisotopic (exact) mass is 279 g/mol. The van der Waals surface area contributed by atoms with Crippen molar-refractivity contribution in [3.05, 3.63) is 46.1 Å². The molecule has 0 spiro atoms. The minimum Gasteiger partial charge on any atom is -0.463 e. The van der Waals surface area contributed by atoms with Crippen LogP contribution in [0.15, 0.2) is 39.4 Å². The summed E-state index contributed by atoms with van der Waals surface area (Å²) in [6.07, 6.45) is 1.70. The lowest BCUT2D eigenvalue weighted by atomic mass is 10.0. The number of hydrogen-bond donors (Lipinski definition) is 1. The van der Waals surface area contributed by atoms with Gasteiger partial charge in [0.15, 0.2) is 0 Å². The van der Waals surface area contributed by atoms with Gasteiger partial charge >= 0.3 is 0 Å². The molecule has 0 unspecified atom stereocenters. The van der Waals surface area contributed by atoms with Crippen LogP contribution in [-0.4, -0.2) is 7.05 Å². The molecule has 0 radical (unpaired) electrons. The van der Waals surface area contributed by atoms with Gasteiger partial charge in [-0.25, -0.2) is 0 Å². The Morgan fingerprint density at radius 1 is 1.31 bits per heavy atom. The Balaban J connectivity index is 2.47. The molecule has 84 valence electrons. The van der Waals surface area contributed by atoms with Crippen LogP contribution in [0, 0.1) is 6.92 Å². The van der Waals surface area contributed by atoms with Crippen LogP contribution in [0.3, 0.4) is 0 Å². The van der Waals surface area contributed by atoms with Gasteiger partial charge in [0.1, 0.15) is 5.76 Å². The predicted octanol–water partition coefficient (Wildman–Crippen LogP) is 3.74. The highest BCUT2D eigenvalue weighted by molar-refractivity contribution is 9.10. The Morgan fingerprint density at radius 2 is 2.12 bits per heavy atom. The van der Waals surface area contributed by atoms with Gasteiger partial charge < -0.3 is 9.73 Å². The van der Waals surface area contributed by atoms with Crippen LogP contribution < -0.4 is 5.32 Å². The molecule has 0 amide bonds. The zero-order chi connectivity index (χ0) is 11.5. The molecular weight excluding hydrogens is 266 g/mol. The van der Waals surface area contributed by atoms with E-state index in [0.29, 0.717) is 0 Å². The van der Waals surface area contributed by atoms with Gasteiger partial charge in [0.25, 0.3) is 0 Å². The summed E-state index contributed by atoms with van der Waals surface area (Å²) >= 11 is 3.49. The molecular formula is C13H14BrNO. The first-order valence-electron chi connectivity index (χ1n) is 5.20. The molecule has 0 saturated carbocycles. The van der Waals surface area contributed by atoms with Crippen molar-refractivity contribution in [3.63, 3.8) is 0 Å². The molecule has 2 aromatic rings. The fourth-order valence-electron chi connectivity index (χ4n) is 1.71. The van der Waals surface area contributed by atoms with Crippen molar-refractivity contribution in [1.82, 2.24) is 5.32 Å². The summed E-state index contributed by atoms with van der Waals surface area (Å²) in [4.78, 5) is 0. The third-order valence-corrected chi connectivity index (χ3v) is 3.17. The van der Waals surface area contributed by atoms with Crippen molar-refractivity contribution in [2.24, 2.45) is 0 Å². The average molecular weight is 280 g/mol. The van der Waals surface area contributed by atoms with Gasteiger partial charge in [-0.3, -0.25) is 0 Å². The normalized spacial score (nSPS) is 10.7. The van der Waals surface area contributed by atoms with E-state index < -0.39 is 0 Å². The Labute approximate surface area is 104 Å². The van der Waals surface area contributed by atoms with Gasteiger partial charge in [-0.2, -0.15) is 0 Å². The van der Waals surface area contributed by atoms with Crippen LogP contribution in [0.1, 0.15) is 11.1 Å². The maximum absolute atomic E-state index is 5.50. The second kappa shape index (κ2) is 4.85. The largest absolute Gasteiger partial charge is 0.463 e. The zero-order valence-corrected chi connectivity index (χ0v) is 11.0. The van der Waals surface area contributed by atoms with Crippen LogP contribution in [-0.2, 0) is 6.54 Å². The molecule has 16 heavy (non-hydrogen) atoms. The van der Waals surface area contributed by atoms with E-state index in [9.17, 15) is 0 Å². The highest BCUT2D eigenvalue weighted by Gasteiger charge is 2.10. The summed E-state index contributed by atoms with van der Waals surface area (Å²) in [5.74, 6) is 0.899. The lowest BCUT2D eigenvalue weighted by Crippen LogP contribution is -2.05. The maximum atomic E-state index is 5.50. The number of halogens is 1. The van der Waals surface area contributed by atoms with E-state index in [0.717, 1.165) is 22.3 Å². The quantitative estimate of drug-likeness (QED) is 0.926. The lowest BCUT2D eigenvalue weighted by molar-refractivity contribution is 0.580. The van der Waals surface area contributed by atoms with Gasteiger partial charge in [0, 0.05) is 12.1 Å². The second-order valence-electron chi connectivity index (χ2n) is 3.78. The number of benzene rings is 1. The molecule has 1 N–H and O–H groups in total. The van der Waals surface area contributed by atoms with Crippen LogP contribution in [0.2, 0.25) is 0 Å². The zero-order valence-electron chi connectivity index (χ0n) is 9.38. The van der Waals surface area contributed by atoms with Crippen molar-refractivity contribution in [2.75, 3.05) is 7.05 Å². The van der Waals surface area contributed by atoms with E-state index in [1.54, 1.807) is 6.26 Å². The molecule has 0 bridgehead atoms. The summed E-state index contributed by atoms with van der Waals surface area (Å²) in [6.45, 7) is 2.96. The van der Waals surface area contributed by atoms with Gasteiger partial charge in [0.05, 0.1) is 10.7 Å². The molecule has 0 atom stereocenters. The van der Waals surface area contributed by atoms with E-state index in [1.165, 1.54) is 11.1 Å². The molecule has 1 heterocycles. The first-order valence-corrected chi connectivity index (χ1v) is 5.99. The van der Waals surface area contributed by atoms with Gasteiger partial charge in [-0.1, -0.05) is 12.1 Å². The van der Waals surface area contributed by atoms with Gasteiger partial charge in [-0.15, -0.1) is 0 Å². The molecule has 0 aliphatic rings. The molecule has 2 nitrogen and oxygen atoms in total. The second-order valence-corrected chi connectivity index (χ2v) is 4.63. The highest BCUT2D eigenvalue weighted by Crippen LogP contribution is 2.32. The van der Waals surface area contributed by atoms with Crippen molar-refractivity contribution < 1.29 is 4.42 Å². The molecule has 0 saturated heterocycles. The number of furan rings is 1. The Hall–Kier alpha value is -1.06. The fraction of sp³-hybridized carbons (Fsp3) is 0.231. The van der Waals surface area contributed by atoms with E-state index >= 15 is 0 Å². The maximum Gasteiger partial charge on any atom is 0.148 e. The summed E-state index contributed by atoms with van der Waals surface area (Å²) < 4.78 is 6.49. The smallest absolute Gasteiger partial charge is 0.148 e. The molecule has 0 fully saturated rings. The number of aryl methyl sites for hydroxylation is 1. The lowest BCUT2D eigenvalue weighted by Gasteiger charge is -2.07. The van der Waals surface area contributed by atoms with Crippen LogP contribution in [0.5, 0.6) is 0 Å². The van der Waals surface area contributed by atoms with Crippen LogP contribution >= 0.6 is 15.9 Å². The standard InChI is InChI=1S/C13H14BrNO/c1-9-3-4-10(8-15-2)7-11(9)13-12(14)5-6-16-13/h3-7,15H,8H2,1-2H3. The fourth-order valence-corrected chi connectivity index (χ4v) is 2.13. The van der Waals surface area contributed by atoms with Crippen LogP contribution in [0.4, 0.5) is 0 Å². The van der Waals surface area contributed by atoms with Crippen molar-refractivity contribution in [3.8, 4) is 11.3 Å². The molecule has 1 aromatic heterocycles. The summed E-state index contributed by atoms with van der Waals surface area (Å²) in [7, 11) is 1.95. The van der Waals surface area contributed by atoms with E-state index in [2.05, 4.69) is 46.4 Å². The minimum absolute atomic E-state index is 0.867. The van der Waals surface area contributed by atoms with Crippen molar-refractivity contribution >= 4 is 15.9 Å². The molecule has 2 rings (SSSR count). The summed E-state index contributed by atoms with van der Waals surface area (Å²) in [5, 5.41) is 3.15. The van der Waals surface area contributed by atoms with Crippen molar-refractivity contribution in [2.45, 2.75) is 13.5 Å². The predicted molar refractivity (Wildman–Crippen MR) is 69.3 cm³/mol. The minimum atomic E-state index is 0.867. The van der Waals surface area contributed by atoms with E-state index in [4.69, 9.17) is 4.42 Å². The average Bonchev–Trinajstić information content (AvgIpc) is 2.68. The topological polar surface area (TPSA) is 25.2 Å². The Kier molecular flexibility index (Phi) is 3.46. The summed E-state index contributed by atoms with van der Waals surface area (Å²) in [5.41, 5.74) is 3.62. The number of rotatable bonds is 3. The van der Waals surface area contributed by atoms with E-state index in [1.807, 2.05) is 13.1 Å².